The van der Waals surface area contributed by atoms with Gasteiger partial charge in [0, 0.05) is 19.7 Å². The fourth-order valence-electron chi connectivity index (χ4n) is 3.23. The van der Waals surface area contributed by atoms with Gasteiger partial charge in [-0.25, -0.2) is 9.37 Å². The molecule has 3 rings (SSSR count). The molecule has 0 bridgehead atoms. The van der Waals surface area contributed by atoms with Crippen molar-refractivity contribution in [2.75, 3.05) is 25.6 Å². The van der Waals surface area contributed by atoms with Crippen molar-refractivity contribution in [1.82, 2.24) is 15.3 Å². The maximum absolute atomic E-state index is 13.5. The number of amides is 1. The Balaban J connectivity index is 1.95. The first-order valence-electron chi connectivity index (χ1n) is 9.47. The summed E-state index contributed by atoms with van der Waals surface area (Å²) in [4.78, 5) is 19.7. The van der Waals surface area contributed by atoms with E-state index >= 15 is 0 Å². The van der Waals surface area contributed by atoms with Gasteiger partial charge in [-0.3, -0.25) is 4.79 Å². The van der Waals surface area contributed by atoms with E-state index in [1.807, 2.05) is 0 Å². The number of methoxy groups -OCH3 is 1. The molecule has 1 heterocycles. The van der Waals surface area contributed by atoms with E-state index in [1.165, 1.54) is 37.4 Å². The van der Waals surface area contributed by atoms with Gasteiger partial charge in [0.05, 0.1) is 35.2 Å². The second-order valence-electron chi connectivity index (χ2n) is 7.30. The molecule has 0 saturated heterocycles. The lowest BCUT2D eigenvalue weighted by Crippen LogP contribution is -2.39. The van der Waals surface area contributed by atoms with Gasteiger partial charge in [0.1, 0.15) is 5.82 Å². The molecule has 6 nitrogen and oxygen atoms in total. The summed E-state index contributed by atoms with van der Waals surface area (Å²) in [5.74, 6) is -0.652. The number of H-pyrrole nitrogens is 1. The Morgan fingerprint density at radius 3 is 2.61 bits per heavy atom. The molecule has 0 aliphatic heterocycles. The molecule has 1 aromatic heterocycles. The van der Waals surface area contributed by atoms with Gasteiger partial charge in [-0.05, 0) is 36.8 Å². The number of nitrogens with zero attached hydrogens (tertiary/aromatic N) is 1. The van der Waals surface area contributed by atoms with Gasteiger partial charge in [-0.15, -0.1) is 0 Å². The van der Waals surface area contributed by atoms with E-state index in [0.717, 1.165) is 12.1 Å². The predicted molar refractivity (Wildman–Crippen MR) is 108 cm³/mol. The molecule has 3 N–H and O–H groups in total. The fraction of sp³-hybridized carbons (Fsp3) is 0.333. The van der Waals surface area contributed by atoms with E-state index in [2.05, 4.69) is 20.6 Å². The first-order chi connectivity index (χ1) is 14.6. The molecular weight excluding hydrogens is 416 g/mol. The van der Waals surface area contributed by atoms with Crippen LogP contribution in [-0.2, 0) is 21.2 Å². The number of hydrogen-bond donors (Lipinski definition) is 3. The van der Waals surface area contributed by atoms with Crippen molar-refractivity contribution in [3.05, 3.63) is 59.4 Å². The van der Waals surface area contributed by atoms with Crippen LogP contribution >= 0.6 is 0 Å². The van der Waals surface area contributed by atoms with E-state index in [1.54, 1.807) is 6.92 Å². The lowest BCUT2D eigenvalue weighted by molar-refractivity contribution is -0.137. The fourth-order valence-corrected chi connectivity index (χ4v) is 3.23. The number of carbonyl (C=O) groups excluding carboxylic acids is 1. The Kier molecular flexibility index (Phi) is 6.49. The number of hydrogen-bond acceptors (Lipinski definition) is 4. The average Bonchev–Trinajstić information content (AvgIpc) is 3.08. The maximum Gasteiger partial charge on any atom is 0.416 e. The zero-order valence-electron chi connectivity index (χ0n) is 16.9. The van der Waals surface area contributed by atoms with E-state index in [0.29, 0.717) is 17.6 Å². The summed E-state index contributed by atoms with van der Waals surface area (Å²) >= 11 is 0. The molecule has 31 heavy (non-hydrogen) atoms. The second kappa shape index (κ2) is 8.93. The number of imidazole rings is 1. The van der Waals surface area contributed by atoms with Crippen molar-refractivity contribution in [3.63, 3.8) is 0 Å². The topological polar surface area (TPSA) is 79.0 Å². The van der Waals surface area contributed by atoms with Crippen LogP contribution in [0.5, 0.6) is 0 Å². The number of halogens is 4. The molecule has 3 aromatic rings. The number of aromatic nitrogens is 2. The molecule has 0 radical (unpaired) electrons. The van der Waals surface area contributed by atoms with Gasteiger partial charge < -0.3 is 20.4 Å². The Bertz CT molecular complexity index is 1070. The molecule has 0 aliphatic rings. The number of alkyl halides is 3. The SMILES string of the molecule is COCCNC(=O)CC(C)(Nc1nc2cc(F)ccc2[nH]1)c1cccc(C(F)(F)F)c1. The Morgan fingerprint density at radius 1 is 1.16 bits per heavy atom. The van der Waals surface area contributed by atoms with E-state index in [9.17, 15) is 22.4 Å². The van der Waals surface area contributed by atoms with Crippen molar-refractivity contribution in [3.8, 4) is 0 Å². The van der Waals surface area contributed by atoms with E-state index in [4.69, 9.17) is 4.74 Å². The smallest absolute Gasteiger partial charge is 0.383 e. The van der Waals surface area contributed by atoms with Crippen LogP contribution in [0.1, 0.15) is 24.5 Å². The van der Waals surface area contributed by atoms with Crippen LogP contribution in [0.2, 0.25) is 0 Å². The van der Waals surface area contributed by atoms with Crippen molar-refractivity contribution >= 4 is 22.9 Å². The van der Waals surface area contributed by atoms with E-state index in [-0.39, 0.29) is 30.4 Å². The minimum atomic E-state index is -4.53. The van der Waals surface area contributed by atoms with Gasteiger partial charge >= 0.3 is 6.18 Å². The minimum absolute atomic E-state index is 0.177. The Hall–Kier alpha value is -3.14. The lowest BCUT2D eigenvalue weighted by Gasteiger charge is -2.31. The minimum Gasteiger partial charge on any atom is -0.383 e. The molecule has 2 aromatic carbocycles. The maximum atomic E-state index is 13.5. The highest BCUT2D eigenvalue weighted by atomic mass is 19.4. The summed E-state index contributed by atoms with van der Waals surface area (Å²) in [5, 5.41) is 5.70. The van der Waals surface area contributed by atoms with E-state index < -0.39 is 23.1 Å². The van der Waals surface area contributed by atoms with Crippen molar-refractivity contribution in [2.45, 2.75) is 25.1 Å². The van der Waals surface area contributed by atoms with Crippen LogP contribution in [0.25, 0.3) is 11.0 Å². The third kappa shape index (κ3) is 5.52. The van der Waals surface area contributed by atoms with Gasteiger partial charge in [0.15, 0.2) is 0 Å². The molecule has 166 valence electrons. The summed E-state index contributed by atoms with van der Waals surface area (Å²) < 4.78 is 58.2. The quantitative estimate of drug-likeness (QED) is 0.364. The van der Waals surface area contributed by atoms with Gasteiger partial charge in [0.25, 0.3) is 0 Å². The van der Waals surface area contributed by atoms with Gasteiger partial charge in [-0.2, -0.15) is 13.2 Å². The van der Waals surface area contributed by atoms with Crippen LogP contribution in [0.15, 0.2) is 42.5 Å². The van der Waals surface area contributed by atoms with Crippen molar-refractivity contribution < 1.29 is 27.1 Å². The molecule has 0 aliphatic carbocycles. The average molecular weight is 438 g/mol. The molecule has 0 spiro atoms. The Morgan fingerprint density at radius 2 is 1.90 bits per heavy atom. The van der Waals surface area contributed by atoms with Crippen LogP contribution in [0, 0.1) is 5.82 Å². The Labute approximate surface area is 176 Å². The second-order valence-corrected chi connectivity index (χ2v) is 7.30. The summed E-state index contributed by atoms with van der Waals surface area (Å²) in [6, 6.07) is 8.75. The number of carbonyl (C=O) groups is 1. The summed E-state index contributed by atoms with van der Waals surface area (Å²) in [7, 11) is 1.49. The number of nitrogens with one attached hydrogen (secondary N) is 3. The number of anilines is 1. The normalized spacial score (nSPS) is 13.7. The number of ether oxygens (including phenoxy) is 1. The zero-order chi connectivity index (χ0) is 22.6. The van der Waals surface area contributed by atoms with Crippen LogP contribution < -0.4 is 10.6 Å². The van der Waals surface area contributed by atoms with Gasteiger partial charge in [-0.1, -0.05) is 12.1 Å². The molecule has 0 fully saturated rings. The summed E-state index contributed by atoms with van der Waals surface area (Å²) in [6.07, 6.45) is -4.71. The van der Waals surface area contributed by atoms with Crippen molar-refractivity contribution in [1.29, 1.82) is 0 Å². The molecule has 1 atom stereocenters. The first-order valence-corrected chi connectivity index (χ1v) is 9.47. The number of aromatic amines is 1. The standard InChI is InChI=1S/C21H22F4N4O2/c1-20(12-18(30)26-8-9-31-2,13-4-3-5-14(10-13)21(23,24)25)29-19-27-16-7-6-15(22)11-17(16)28-19/h3-7,10-11H,8-9,12H2,1-2H3,(H,26,30)(H2,27,28,29). The van der Waals surface area contributed by atoms with Crippen LogP contribution in [0.4, 0.5) is 23.5 Å². The molecule has 10 heteroatoms. The molecule has 0 saturated carbocycles. The third-order valence-electron chi connectivity index (χ3n) is 4.81. The molecular formula is C21H22F4N4O2. The lowest BCUT2D eigenvalue weighted by atomic mass is 9.87. The van der Waals surface area contributed by atoms with Crippen LogP contribution in [0.3, 0.4) is 0 Å². The highest BCUT2D eigenvalue weighted by molar-refractivity contribution is 5.79. The monoisotopic (exact) mass is 438 g/mol. The number of fused-ring (bicyclic) bond motifs is 1. The zero-order valence-corrected chi connectivity index (χ0v) is 16.9. The molecule has 1 amide bonds. The van der Waals surface area contributed by atoms with Gasteiger partial charge in [0.2, 0.25) is 11.9 Å². The summed E-state index contributed by atoms with van der Waals surface area (Å²) in [5.41, 5.74) is -0.941. The first kappa shape index (κ1) is 22.5. The highest BCUT2D eigenvalue weighted by Crippen LogP contribution is 2.35. The summed E-state index contributed by atoms with van der Waals surface area (Å²) in [6.45, 7) is 2.17. The number of rotatable bonds is 8. The predicted octanol–water partition coefficient (Wildman–Crippen LogP) is 4.20. The largest absolute Gasteiger partial charge is 0.416 e. The van der Waals surface area contributed by atoms with Crippen molar-refractivity contribution in [2.24, 2.45) is 0 Å². The molecule has 1 unspecified atom stereocenters. The highest BCUT2D eigenvalue weighted by Gasteiger charge is 2.35. The van der Waals surface area contributed by atoms with Crippen LogP contribution in [-0.4, -0.2) is 36.1 Å². The third-order valence-corrected chi connectivity index (χ3v) is 4.81. The number of benzene rings is 2.